The molecule has 0 radical (unpaired) electrons. The zero-order valence-electron chi connectivity index (χ0n) is 9.63. The quantitative estimate of drug-likeness (QED) is 0.824. The van der Waals surface area contributed by atoms with Crippen molar-refractivity contribution in [3.8, 4) is 0 Å². The van der Waals surface area contributed by atoms with Gasteiger partial charge in [0.25, 0.3) is 0 Å². The fraction of sp³-hybridized carbons (Fsp3) is 0.500. The lowest BCUT2D eigenvalue weighted by atomic mass is 10.1. The van der Waals surface area contributed by atoms with Gasteiger partial charge in [-0.25, -0.2) is 13.1 Å². The third kappa shape index (κ3) is 4.45. The smallest absolute Gasteiger partial charge is 0.303 e. The lowest BCUT2D eigenvalue weighted by Crippen LogP contribution is -2.28. The van der Waals surface area contributed by atoms with Crippen LogP contribution in [0.1, 0.15) is 18.2 Å². The van der Waals surface area contributed by atoms with E-state index < -0.39 is 16.0 Å². The van der Waals surface area contributed by atoms with E-state index in [0.717, 1.165) is 4.88 Å². The molecule has 0 saturated heterocycles. The first-order valence-corrected chi connectivity index (χ1v) is 7.39. The van der Waals surface area contributed by atoms with Crippen LogP contribution in [-0.2, 0) is 14.8 Å². The Labute approximate surface area is 105 Å². The molecule has 1 aromatic heterocycles. The molecule has 1 atom stereocenters. The molecule has 0 aliphatic heterocycles. The van der Waals surface area contributed by atoms with E-state index in [9.17, 15) is 13.2 Å². The van der Waals surface area contributed by atoms with E-state index in [1.807, 2.05) is 6.92 Å². The number of aryl methyl sites for hydroxylation is 1. The van der Waals surface area contributed by atoms with E-state index in [1.165, 1.54) is 11.3 Å². The van der Waals surface area contributed by atoms with Gasteiger partial charge in [0.1, 0.15) is 4.21 Å². The molecule has 17 heavy (non-hydrogen) atoms. The standard InChI is InChI=1S/C10H15NO4S2/c1-7(5-9(12)13)6-11-17(14,15)10-4-3-8(2)16-10/h3-4,7,11H,5-6H2,1-2H3,(H,12,13). The van der Waals surface area contributed by atoms with Crippen molar-refractivity contribution in [2.45, 2.75) is 24.5 Å². The van der Waals surface area contributed by atoms with Crippen molar-refractivity contribution in [2.24, 2.45) is 5.92 Å². The zero-order valence-corrected chi connectivity index (χ0v) is 11.3. The summed E-state index contributed by atoms with van der Waals surface area (Å²) in [6.45, 7) is 3.65. The fourth-order valence-electron chi connectivity index (χ4n) is 1.25. The van der Waals surface area contributed by atoms with Gasteiger partial charge in [-0.1, -0.05) is 6.92 Å². The van der Waals surface area contributed by atoms with Crippen LogP contribution >= 0.6 is 11.3 Å². The number of rotatable bonds is 6. The number of sulfonamides is 1. The Balaban J connectivity index is 2.59. The Bertz CT molecular complexity index is 492. The first kappa shape index (κ1) is 14.1. The number of carboxylic acid groups (broad SMARTS) is 1. The molecule has 0 aliphatic carbocycles. The van der Waals surface area contributed by atoms with Gasteiger partial charge in [0, 0.05) is 17.8 Å². The Morgan fingerprint density at radius 2 is 2.18 bits per heavy atom. The van der Waals surface area contributed by atoms with Crippen LogP contribution in [0.15, 0.2) is 16.3 Å². The van der Waals surface area contributed by atoms with E-state index in [2.05, 4.69) is 4.72 Å². The lowest BCUT2D eigenvalue weighted by Gasteiger charge is -2.09. The summed E-state index contributed by atoms with van der Waals surface area (Å²) in [5.74, 6) is -1.16. The number of nitrogens with one attached hydrogen (secondary N) is 1. The van der Waals surface area contributed by atoms with Gasteiger partial charge in [0.05, 0.1) is 0 Å². The summed E-state index contributed by atoms with van der Waals surface area (Å²) in [6, 6.07) is 3.28. The highest BCUT2D eigenvalue weighted by atomic mass is 32.2. The van der Waals surface area contributed by atoms with Crippen LogP contribution in [0.5, 0.6) is 0 Å². The minimum atomic E-state index is -3.49. The predicted molar refractivity (Wildman–Crippen MR) is 65.7 cm³/mol. The minimum Gasteiger partial charge on any atom is -0.481 e. The van der Waals surface area contributed by atoms with Crippen molar-refractivity contribution in [1.82, 2.24) is 4.72 Å². The van der Waals surface area contributed by atoms with E-state index in [4.69, 9.17) is 5.11 Å². The molecule has 1 aromatic rings. The van der Waals surface area contributed by atoms with Crippen molar-refractivity contribution in [3.05, 3.63) is 17.0 Å². The van der Waals surface area contributed by atoms with Gasteiger partial charge in [-0.3, -0.25) is 4.79 Å². The van der Waals surface area contributed by atoms with Crippen LogP contribution in [0.4, 0.5) is 0 Å². The van der Waals surface area contributed by atoms with E-state index in [0.29, 0.717) is 0 Å². The van der Waals surface area contributed by atoms with Crippen LogP contribution < -0.4 is 4.72 Å². The molecule has 2 N–H and O–H groups in total. The van der Waals surface area contributed by atoms with Gasteiger partial charge in [-0.05, 0) is 25.0 Å². The van der Waals surface area contributed by atoms with Gasteiger partial charge in [-0.15, -0.1) is 11.3 Å². The topological polar surface area (TPSA) is 83.5 Å². The Hall–Kier alpha value is -0.920. The highest BCUT2D eigenvalue weighted by Gasteiger charge is 2.17. The summed E-state index contributed by atoms with van der Waals surface area (Å²) in [6.07, 6.45) is -0.0496. The Morgan fingerprint density at radius 1 is 1.53 bits per heavy atom. The highest BCUT2D eigenvalue weighted by Crippen LogP contribution is 2.20. The molecule has 5 nitrogen and oxygen atoms in total. The number of carbonyl (C=O) groups is 1. The van der Waals surface area contributed by atoms with Crippen LogP contribution in [0, 0.1) is 12.8 Å². The third-order valence-corrected chi connectivity index (χ3v) is 5.04. The number of thiophene rings is 1. The van der Waals surface area contributed by atoms with Gasteiger partial charge < -0.3 is 5.11 Å². The van der Waals surface area contributed by atoms with Crippen molar-refractivity contribution < 1.29 is 18.3 Å². The number of aliphatic carboxylic acids is 1. The molecule has 7 heteroatoms. The minimum absolute atomic E-state index is 0.0496. The van der Waals surface area contributed by atoms with Gasteiger partial charge in [0.15, 0.2) is 0 Å². The van der Waals surface area contributed by atoms with E-state index in [-0.39, 0.29) is 23.1 Å². The normalized spacial score (nSPS) is 13.5. The average Bonchev–Trinajstić information content (AvgIpc) is 2.62. The van der Waals surface area contributed by atoms with Crippen LogP contribution in [0.2, 0.25) is 0 Å². The molecular formula is C10H15NO4S2. The largest absolute Gasteiger partial charge is 0.481 e. The van der Waals surface area contributed by atoms with Crippen molar-refractivity contribution in [3.63, 3.8) is 0 Å². The molecule has 0 aliphatic rings. The molecule has 0 fully saturated rings. The maximum absolute atomic E-state index is 11.8. The molecule has 1 rings (SSSR count). The van der Waals surface area contributed by atoms with Crippen molar-refractivity contribution in [1.29, 1.82) is 0 Å². The SMILES string of the molecule is Cc1ccc(S(=O)(=O)NCC(C)CC(=O)O)s1. The summed E-state index contributed by atoms with van der Waals surface area (Å²) in [4.78, 5) is 11.4. The fourth-order valence-corrected chi connectivity index (χ4v) is 3.74. The van der Waals surface area contributed by atoms with Crippen LogP contribution in [0.3, 0.4) is 0 Å². The van der Waals surface area contributed by atoms with Gasteiger partial charge in [-0.2, -0.15) is 0 Å². The Morgan fingerprint density at radius 3 is 2.65 bits per heavy atom. The number of hydrogen-bond donors (Lipinski definition) is 2. The molecule has 0 amide bonds. The van der Waals surface area contributed by atoms with Crippen molar-refractivity contribution >= 4 is 27.3 Å². The summed E-state index contributed by atoms with van der Waals surface area (Å²) in [7, 11) is -3.49. The number of carboxylic acids is 1. The van der Waals surface area contributed by atoms with Crippen LogP contribution in [0.25, 0.3) is 0 Å². The van der Waals surface area contributed by atoms with E-state index >= 15 is 0 Å². The second-order valence-electron chi connectivity index (χ2n) is 3.92. The lowest BCUT2D eigenvalue weighted by molar-refractivity contribution is -0.137. The summed E-state index contributed by atoms with van der Waals surface area (Å²) in [5.41, 5.74) is 0. The predicted octanol–water partition coefficient (Wildman–Crippen LogP) is 1.45. The maximum Gasteiger partial charge on any atom is 0.303 e. The average molecular weight is 277 g/mol. The van der Waals surface area contributed by atoms with Crippen LogP contribution in [-0.4, -0.2) is 26.0 Å². The zero-order chi connectivity index (χ0) is 13.1. The molecule has 0 bridgehead atoms. The first-order valence-electron chi connectivity index (χ1n) is 5.09. The molecular weight excluding hydrogens is 262 g/mol. The third-order valence-electron chi connectivity index (χ3n) is 2.13. The van der Waals surface area contributed by atoms with Crippen molar-refractivity contribution in [2.75, 3.05) is 6.54 Å². The second kappa shape index (κ2) is 5.61. The summed E-state index contributed by atoms with van der Waals surface area (Å²) in [5, 5.41) is 8.56. The first-order chi connectivity index (χ1) is 7.81. The highest BCUT2D eigenvalue weighted by molar-refractivity contribution is 7.91. The Kier molecular flexibility index (Phi) is 4.67. The molecule has 1 unspecified atom stereocenters. The van der Waals surface area contributed by atoms with Gasteiger partial charge in [0.2, 0.25) is 10.0 Å². The summed E-state index contributed by atoms with van der Waals surface area (Å²) >= 11 is 1.19. The van der Waals surface area contributed by atoms with E-state index in [1.54, 1.807) is 19.1 Å². The molecule has 96 valence electrons. The monoisotopic (exact) mass is 277 g/mol. The molecule has 0 saturated carbocycles. The van der Waals surface area contributed by atoms with Gasteiger partial charge >= 0.3 is 5.97 Å². The second-order valence-corrected chi connectivity index (χ2v) is 7.20. The molecule has 0 spiro atoms. The summed E-state index contributed by atoms with van der Waals surface area (Å²) < 4.78 is 26.2. The molecule has 1 heterocycles. The molecule has 0 aromatic carbocycles. The number of hydrogen-bond acceptors (Lipinski definition) is 4. The maximum atomic E-state index is 11.8.